The minimum Gasteiger partial charge on any atom is -0.340 e. The summed E-state index contributed by atoms with van der Waals surface area (Å²) >= 11 is 0. The molecule has 2 heterocycles. The second kappa shape index (κ2) is 9.18. The standard InChI is InChI=1S/C25H27N5O2/c1-4-18-7-8-20(28-23-11-17(3)26-15-27-23)13-22(18)29-25(32)19-12-24(31)30(14-19)21-9-5-16(2)6-10-21/h5-11,13,15,19H,4,12,14H2,1-3H3,(H,29,32)(H,26,27,28). The van der Waals surface area contributed by atoms with Crippen molar-refractivity contribution in [2.75, 3.05) is 22.1 Å². The minimum absolute atomic E-state index is 0.0285. The van der Waals surface area contributed by atoms with E-state index in [1.165, 1.54) is 6.33 Å². The van der Waals surface area contributed by atoms with Crippen LogP contribution in [0.4, 0.5) is 22.9 Å². The van der Waals surface area contributed by atoms with E-state index in [4.69, 9.17) is 0 Å². The van der Waals surface area contributed by atoms with Crippen molar-refractivity contribution < 1.29 is 9.59 Å². The molecule has 32 heavy (non-hydrogen) atoms. The van der Waals surface area contributed by atoms with Crippen molar-refractivity contribution in [2.45, 2.75) is 33.6 Å². The molecule has 164 valence electrons. The van der Waals surface area contributed by atoms with Crippen LogP contribution in [-0.4, -0.2) is 28.3 Å². The van der Waals surface area contributed by atoms with Gasteiger partial charge in [0.2, 0.25) is 11.8 Å². The van der Waals surface area contributed by atoms with E-state index in [0.29, 0.717) is 12.4 Å². The van der Waals surface area contributed by atoms with Crippen molar-refractivity contribution in [2.24, 2.45) is 5.92 Å². The van der Waals surface area contributed by atoms with Crippen LogP contribution in [-0.2, 0) is 16.0 Å². The topological polar surface area (TPSA) is 87.2 Å². The fourth-order valence-corrected chi connectivity index (χ4v) is 3.84. The summed E-state index contributed by atoms with van der Waals surface area (Å²) in [6, 6.07) is 15.5. The van der Waals surface area contributed by atoms with E-state index in [2.05, 4.69) is 20.6 Å². The number of rotatable bonds is 6. The van der Waals surface area contributed by atoms with Crippen molar-refractivity contribution in [3.8, 4) is 0 Å². The molecule has 0 saturated carbocycles. The Hall–Kier alpha value is -3.74. The molecule has 1 saturated heterocycles. The second-order valence-corrected chi connectivity index (χ2v) is 8.13. The molecule has 2 N–H and O–H groups in total. The molecule has 1 atom stereocenters. The maximum Gasteiger partial charge on any atom is 0.229 e. The molecule has 1 aliphatic rings. The fraction of sp³-hybridized carbons (Fsp3) is 0.280. The van der Waals surface area contributed by atoms with Crippen LogP contribution < -0.4 is 15.5 Å². The van der Waals surface area contributed by atoms with Crippen molar-refractivity contribution in [3.63, 3.8) is 0 Å². The highest BCUT2D eigenvalue weighted by Gasteiger charge is 2.35. The molecule has 0 bridgehead atoms. The quantitative estimate of drug-likeness (QED) is 0.607. The number of nitrogens with one attached hydrogen (secondary N) is 2. The smallest absolute Gasteiger partial charge is 0.229 e. The van der Waals surface area contributed by atoms with Gasteiger partial charge in [0, 0.05) is 41.8 Å². The van der Waals surface area contributed by atoms with E-state index in [-0.39, 0.29) is 18.2 Å². The van der Waals surface area contributed by atoms with Crippen LogP contribution in [0.25, 0.3) is 0 Å². The Bertz CT molecular complexity index is 1140. The highest BCUT2D eigenvalue weighted by molar-refractivity contribution is 6.03. The Labute approximate surface area is 187 Å². The first-order valence-electron chi connectivity index (χ1n) is 10.8. The summed E-state index contributed by atoms with van der Waals surface area (Å²) in [5.74, 6) is 0.126. The lowest BCUT2D eigenvalue weighted by Crippen LogP contribution is -2.28. The number of hydrogen-bond donors (Lipinski definition) is 2. The molecule has 1 aliphatic heterocycles. The van der Waals surface area contributed by atoms with Gasteiger partial charge in [-0.15, -0.1) is 0 Å². The first-order chi connectivity index (χ1) is 15.4. The van der Waals surface area contributed by atoms with E-state index in [9.17, 15) is 9.59 Å². The maximum absolute atomic E-state index is 13.0. The molecule has 1 unspecified atom stereocenters. The number of benzene rings is 2. The van der Waals surface area contributed by atoms with Gasteiger partial charge in [0.25, 0.3) is 0 Å². The lowest BCUT2D eigenvalue weighted by Gasteiger charge is -2.18. The first kappa shape index (κ1) is 21.5. The van der Waals surface area contributed by atoms with Crippen LogP contribution in [0.3, 0.4) is 0 Å². The summed E-state index contributed by atoms with van der Waals surface area (Å²) in [6.45, 7) is 6.34. The predicted octanol–water partition coefficient (Wildman–Crippen LogP) is 4.39. The summed E-state index contributed by atoms with van der Waals surface area (Å²) in [7, 11) is 0. The predicted molar refractivity (Wildman–Crippen MR) is 126 cm³/mol. The number of nitrogens with zero attached hydrogens (tertiary/aromatic N) is 3. The normalized spacial score (nSPS) is 15.7. The number of hydrogen-bond acceptors (Lipinski definition) is 5. The summed E-state index contributed by atoms with van der Waals surface area (Å²) in [5, 5.41) is 6.31. The van der Waals surface area contributed by atoms with E-state index in [1.54, 1.807) is 4.90 Å². The first-order valence-corrected chi connectivity index (χ1v) is 10.8. The third-order valence-corrected chi connectivity index (χ3v) is 5.67. The number of aromatic nitrogens is 2. The third-order valence-electron chi connectivity index (χ3n) is 5.67. The molecule has 1 aromatic heterocycles. The Morgan fingerprint density at radius 3 is 2.59 bits per heavy atom. The number of aryl methyl sites for hydroxylation is 3. The van der Waals surface area contributed by atoms with Crippen molar-refractivity contribution in [3.05, 3.63) is 71.7 Å². The van der Waals surface area contributed by atoms with Gasteiger partial charge in [-0.3, -0.25) is 9.59 Å². The Balaban J connectivity index is 1.48. The van der Waals surface area contributed by atoms with Crippen LogP contribution in [0.5, 0.6) is 0 Å². The SMILES string of the molecule is CCc1ccc(Nc2cc(C)ncn2)cc1NC(=O)C1CC(=O)N(c2ccc(C)cc2)C1. The Morgan fingerprint density at radius 2 is 1.88 bits per heavy atom. The molecule has 2 amide bonds. The highest BCUT2D eigenvalue weighted by Crippen LogP contribution is 2.28. The second-order valence-electron chi connectivity index (χ2n) is 8.13. The third kappa shape index (κ3) is 4.77. The molecule has 3 aromatic rings. The lowest BCUT2D eigenvalue weighted by atomic mass is 10.1. The number of amides is 2. The molecule has 2 aromatic carbocycles. The van der Waals surface area contributed by atoms with Gasteiger partial charge in [0.15, 0.2) is 0 Å². The van der Waals surface area contributed by atoms with Gasteiger partial charge in [-0.25, -0.2) is 9.97 Å². The molecule has 1 fully saturated rings. The van der Waals surface area contributed by atoms with E-state index in [1.807, 2.05) is 69.3 Å². The van der Waals surface area contributed by atoms with E-state index in [0.717, 1.165) is 40.3 Å². The summed E-state index contributed by atoms with van der Waals surface area (Å²) in [6.07, 6.45) is 2.50. The number of anilines is 4. The van der Waals surface area contributed by atoms with E-state index < -0.39 is 5.92 Å². The zero-order chi connectivity index (χ0) is 22.7. The number of carbonyl (C=O) groups is 2. The van der Waals surface area contributed by atoms with Gasteiger partial charge in [-0.2, -0.15) is 0 Å². The van der Waals surface area contributed by atoms with Gasteiger partial charge in [-0.1, -0.05) is 30.7 Å². The van der Waals surface area contributed by atoms with Crippen LogP contribution in [0.2, 0.25) is 0 Å². The zero-order valence-electron chi connectivity index (χ0n) is 18.6. The van der Waals surface area contributed by atoms with Crippen molar-refractivity contribution in [1.82, 2.24) is 9.97 Å². The molecule has 0 spiro atoms. The monoisotopic (exact) mass is 429 g/mol. The molecule has 7 heteroatoms. The summed E-state index contributed by atoms with van der Waals surface area (Å²) in [5.41, 5.74) is 5.42. The molecule has 0 radical (unpaired) electrons. The molecular weight excluding hydrogens is 402 g/mol. The molecule has 4 rings (SSSR count). The minimum atomic E-state index is -0.394. The largest absolute Gasteiger partial charge is 0.340 e. The zero-order valence-corrected chi connectivity index (χ0v) is 18.6. The van der Waals surface area contributed by atoms with Crippen LogP contribution in [0.1, 0.15) is 30.2 Å². The Morgan fingerprint density at radius 1 is 1.09 bits per heavy atom. The van der Waals surface area contributed by atoms with Gasteiger partial charge in [0.05, 0.1) is 5.92 Å². The van der Waals surface area contributed by atoms with Gasteiger partial charge in [-0.05, 0) is 50.1 Å². The summed E-state index contributed by atoms with van der Waals surface area (Å²) < 4.78 is 0. The van der Waals surface area contributed by atoms with Gasteiger partial charge < -0.3 is 15.5 Å². The Kier molecular flexibility index (Phi) is 6.16. The van der Waals surface area contributed by atoms with Crippen LogP contribution in [0, 0.1) is 19.8 Å². The van der Waals surface area contributed by atoms with Crippen LogP contribution >= 0.6 is 0 Å². The van der Waals surface area contributed by atoms with Gasteiger partial charge in [0.1, 0.15) is 12.1 Å². The van der Waals surface area contributed by atoms with E-state index >= 15 is 0 Å². The summed E-state index contributed by atoms with van der Waals surface area (Å²) in [4.78, 5) is 35.6. The molecular formula is C25H27N5O2. The maximum atomic E-state index is 13.0. The molecule has 0 aliphatic carbocycles. The number of carbonyl (C=O) groups excluding carboxylic acids is 2. The van der Waals surface area contributed by atoms with Crippen molar-refractivity contribution >= 4 is 34.7 Å². The lowest BCUT2D eigenvalue weighted by molar-refractivity contribution is -0.122. The molecule has 7 nitrogen and oxygen atoms in total. The highest BCUT2D eigenvalue weighted by atomic mass is 16.2. The van der Waals surface area contributed by atoms with Gasteiger partial charge >= 0.3 is 0 Å². The fourth-order valence-electron chi connectivity index (χ4n) is 3.84. The van der Waals surface area contributed by atoms with Crippen LogP contribution in [0.15, 0.2) is 54.9 Å². The average molecular weight is 430 g/mol. The van der Waals surface area contributed by atoms with Crippen molar-refractivity contribution in [1.29, 1.82) is 0 Å². The average Bonchev–Trinajstić information content (AvgIpc) is 3.16.